The molecule has 5 nitrogen and oxygen atoms in total. The van der Waals surface area contributed by atoms with Gasteiger partial charge in [0.25, 0.3) is 0 Å². The predicted molar refractivity (Wildman–Crippen MR) is 102 cm³/mol. The van der Waals surface area contributed by atoms with Crippen molar-refractivity contribution in [2.45, 2.75) is 17.7 Å². The molecule has 0 saturated heterocycles. The van der Waals surface area contributed by atoms with Crippen LogP contribution in [0.25, 0.3) is 11.1 Å². The average Bonchev–Trinajstić information content (AvgIpc) is 3.11. The van der Waals surface area contributed by atoms with Crippen molar-refractivity contribution in [3.8, 4) is 16.9 Å². The van der Waals surface area contributed by atoms with E-state index in [0.717, 1.165) is 21.8 Å². The molecule has 1 N–H and O–H groups in total. The first kappa shape index (κ1) is 18.2. The Kier molecular flexibility index (Phi) is 5.39. The number of rotatable bonds is 6. The van der Waals surface area contributed by atoms with Crippen molar-refractivity contribution in [1.82, 2.24) is 5.32 Å². The van der Waals surface area contributed by atoms with Gasteiger partial charge in [0.05, 0.1) is 6.54 Å². The lowest BCUT2D eigenvalue weighted by Crippen LogP contribution is -2.18. The Morgan fingerprint density at radius 2 is 1.69 bits per heavy atom. The van der Waals surface area contributed by atoms with E-state index < -0.39 is 10.1 Å². The molecule has 134 valence electrons. The molecule has 0 aliphatic carbocycles. The number of amides is 1. The van der Waals surface area contributed by atoms with Crippen molar-refractivity contribution >= 4 is 27.4 Å². The normalized spacial score (nSPS) is 11.1. The second-order valence-corrected chi connectivity index (χ2v) is 8.47. The molecular weight excluding hydrogens is 370 g/mol. The van der Waals surface area contributed by atoms with Gasteiger partial charge in [-0.1, -0.05) is 48.5 Å². The summed E-state index contributed by atoms with van der Waals surface area (Å²) < 4.78 is 30.8. The van der Waals surface area contributed by atoms with Gasteiger partial charge in [-0.05, 0) is 23.8 Å². The highest BCUT2D eigenvalue weighted by Crippen LogP contribution is 2.33. The van der Waals surface area contributed by atoms with Crippen LogP contribution in [-0.2, 0) is 21.5 Å². The van der Waals surface area contributed by atoms with Crippen LogP contribution < -0.4 is 9.50 Å². The van der Waals surface area contributed by atoms with Crippen LogP contribution in [0.2, 0.25) is 0 Å². The van der Waals surface area contributed by atoms with Crippen molar-refractivity contribution in [3.05, 3.63) is 71.6 Å². The second-order valence-electron chi connectivity index (χ2n) is 5.53. The largest absolute Gasteiger partial charge is 0.378 e. The van der Waals surface area contributed by atoms with Crippen LogP contribution in [0.4, 0.5) is 0 Å². The lowest BCUT2D eigenvalue weighted by Gasteiger charge is -2.10. The number of hydrogen-bond donors (Lipinski definition) is 1. The van der Waals surface area contributed by atoms with Gasteiger partial charge in [0.2, 0.25) is 5.91 Å². The molecule has 26 heavy (non-hydrogen) atoms. The van der Waals surface area contributed by atoms with Gasteiger partial charge in [-0.3, -0.25) is 4.79 Å². The molecule has 1 amide bonds. The van der Waals surface area contributed by atoms with E-state index in [0.29, 0.717) is 5.56 Å². The highest BCUT2D eigenvalue weighted by atomic mass is 32.3. The van der Waals surface area contributed by atoms with E-state index in [2.05, 4.69) is 5.32 Å². The predicted octanol–water partition coefficient (Wildman–Crippen LogP) is 3.82. The summed E-state index contributed by atoms with van der Waals surface area (Å²) in [7, 11) is -3.96. The lowest BCUT2D eigenvalue weighted by molar-refractivity contribution is -0.119. The van der Waals surface area contributed by atoms with E-state index in [9.17, 15) is 13.2 Å². The summed E-state index contributed by atoms with van der Waals surface area (Å²) in [5.74, 6) is 0.103. The van der Waals surface area contributed by atoms with Gasteiger partial charge < -0.3 is 9.50 Å². The molecule has 0 radical (unpaired) electrons. The molecule has 3 rings (SSSR count). The van der Waals surface area contributed by atoms with Crippen LogP contribution in [0.5, 0.6) is 5.75 Å². The molecule has 3 aromatic rings. The molecule has 1 heterocycles. The number of benzene rings is 2. The molecular formula is C19H17NO4S2. The molecule has 0 spiro atoms. The van der Waals surface area contributed by atoms with E-state index in [1.165, 1.54) is 13.0 Å². The zero-order valence-electron chi connectivity index (χ0n) is 14.0. The third kappa shape index (κ3) is 4.30. The maximum absolute atomic E-state index is 12.6. The highest BCUT2D eigenvalue weighted by Gasteiger charge is 2.21. The minimum atomic E-state index is -3.96. The van der Waals surface area contributed by atoms with Gasteiger partial charge >= 0.3 is 10.1 Å². The summed E-state index contributed by atoms with van der Waals surface area (Å²) >= 11 is 1.08. The Morgan fingerprint density at radius 1 is 1.00 bits per heavy atom. The molecule has 0 aliphatic rings. The fraction of sp³-hybridized carbons (Fsp3) is 0.105. The van der Waals surface area contributed by atoms with Crippen LogP contribution in [0.3, 0.4) is 0 Å². The number of carbonyl (C=O) groups is 1. The average molecular weight is 387 g/mol. The Morgan fingerprint density at radius 3 is 2.42 bits per heavy atom. The maximum Gasteiger partial charge on any atom is 0.348 e. The van der Waals surface area contributed by atoms with Crippen molar-refractivity contribution in [1.29, 1.82) is 0 Å². The minimum Gasteiger partial charge on any atom is -0.378 e. The summed E-state index contributed by atoms with van der Waals surface area (Å²) in [6, 6.07) is 19.6. The molecule has 1 aromatic heterocycles. The minimum absolute atomic E-state index is 0.0979. The Bertz CT molecular complexity index is 1010. The van der Waals surface area contributed by atoms with Gasteiger partial charge in [0.15, 0.2) is 9.96 Å². The molecule has 2 aromatic carbocycles. The zero-order valence-corrected chi connectivity index (χ0v) is 15.6. The van der Waals surface area contributed by atoms with Crippen molar-refractivity contribution in [2.75, 3.05) is 0 Å². The summed E-state index contributed by atoms with van der Waals surface area (Å²) in [4.78, 5) is 11.7. The number of nitrogens with one attached hydrogen (secondary N) is 1. The Hall–Kier alpha value is -2.64. The molecule has 0 unspecified atom stereocenters. The molecule has 0 saturated carbocycles. The van der Waals surface area contributed by atoms with Crippen molar-refractivity contribution in [3.63, 3.8) is 0 Å². The van der Waals surface area contributed by atoms with Gasteiger partial charge in [0.1, 0.15) is 0 Å². The summed E-state index contributed by atoms with van der Waals surface area (Å²) in [5.41, 5.74) is 1.57. The zero-order chi connectivity index (χ0) is 18.6. The SMILES string of the molecule is CC(=O)NCc1ccc(S(=O)(=O)Oc2ccccc2-c2ccccc2)s1. The molecule has 7 heteroatoms. The maximum atomic E-state index is 12.6. The third-order valence-corrected chi connectivity index (χ3v) is 6.34. The number of carbonyl (C=O) groups excluding carboxylic acids is 1. The first-order valence-electron chi connectivity index (χ1n) is 7.88. The Balaban J connectivity index is 1.86. The summed E-state index contributed by atoms with van der Waals surface area (Å²) in [6.07, 6.45) is 0. The van der Waals surface area contributed by atoms with E-state index >= 15 is 0 Å². The van der Waals surface area contributed by atoms with Gasteiger partial charge in [0, 0.05) is 17.4 Å². The smallest absolute Gasteiger partial charge is 0.348 e. The fourth-order valence-electron chi connectivity index (χ4n) is 2.35. The van der Waals surface area contributed by atoms with E-state index in [-0.39, 0.29) is 22.4 Å². The first-order valence-corrected chi connectivity index (χ1v) is 10.1. The monoisotopic (exact) mass is 387 g/mol. The number of hydrogen-bond acceptors (Lipinski definition) is 5. The van der Waals surface area contributed by atoms with Crippen molar-refractivity contribution < 1.29 is 17.4 Å². The van der Waals surface area contributed by atoms with E-state index in [1.807, 2.05) is 42.5 Å². The van der Waals surface area contributed by atoms with Gasteiger partial charge in [-0.2, -0.15) is 8.42 Å². The molecule has 0 atom stereocenters. The quantitative estimate of drug-likeness (QED) is 0.653. The van der Waals surface area contributed by atoms with Crippen LogP contribution >= 0.6 is 11.3 Å². The highest BCUT2D eigenvalue weighted by molar-refractivity contribution is 7.89. The van der Waals surface area contributed by atoms with Crippen LogP contribution in [0.1, 0.15) is 11.8 Å². The van der Waals surface area contributed by atoms with Crippen LogP contribution in [-0.4, -0.2) is 14.3 Å². The van der Waals surface area contributed by atoms with Gasteiger partial charge in [-0.15, -0.1) is 11.3 Å². The van der Waals surface area contributed by atoms with E-state index in [1.54, 1.807) is 18.2 Å². The second kappa shape index (κ2) is 7.72. The molecule has 0 bridgehead atoms. The number of thiophene rings is 1. The third-order valence-electron chi connectivity index (χ3n) is 3.57. The summed E-state index contributed by atoms with van der Waals surface area (Å²) in [6.45, 7) is 1.70. The number of para-hydroxylation sites is 1. The van der Waals surface area contributed by atoms with Crippen molar-refractivity contribution in [2.24, 2.45) is 0 Å². The van der Waals surface area contributed by atoms with Gasteiger partial charge in [-0.25, -0.2) is 0 Å². The standard InChI is InChI=1S/C19H17NO4S2/c1-14(21)20-13-16-11-12-19(25-16)26(22,23)24-18-10-6-5-9-17(18)15-7-3-2-4-8-15/h2-12H,13H2,1H3,(H,20,21). The van der Waals surface area contributed by atoms with Crippen LogP contribution in [0.15, 0.2) is 70.9 Å². The first-order chi connectivity index (χ1) is 12.5. The summed E-state index contributed by atoms with van der Waals surface area (Å²) in [5, 5.41) is 2.64. The molecule has 0 fully saturated rings. The Labute approximate surface area is 156 Å². The lowest BCUT2D eigenvalue weighted by atomic mass is 10.1. The fourth-order valence-corrected chi connectivity index (χ4v) is 4.56. The topological polar surface area (TPSA) is 72.5 Å². The van der Waals surface area contributed by atoms with E-state index in [4.69, 9.17) is 4.18 Å². The van der Waals surface area contributed by atoms with Crippen LogP contribution in [0, 0.1) is 0 Å². The molecule has 0 aliphatic heterocycles.